The average Bonchev–Trinajstić information content (AvgIpc) is 2.54. The maximum atomic E-state index is 5.84. The highest BCUT2D eigenvalue weighted by Crippen LogP contribution is 2.25. The van der Waals surface area contributed by atoms with Crippen LogP contribution >= 0.6 is 0 Å². The maximum Gasteiger partial charge on any atom is 0.128 e. The molecular formula is C18H18N2O. The van der Waals surface area contributed by atoms with Gasteiger partial charge in [-0.2, -0.15) is 0 Å². The van der Waals surface area contributed by atoms with Gasteiger partial charge < -0.3 is 10.1 Å². The van der Waals surface area contributed by atoms with Crippen molar-refractivity contribution in [3.05, 3.63) is 66.4 Å². The van der Waals surface area contributed by atoms with Crippen molar-refractivity contribution in [1.82, 2.24) is 10.3 Å². The molecule has 0 aliphatic carbocycles. The quantitative estimate of drug-likeness (QED) is 0.771. The molecule has 0 saturated heterocycles. The number of likely N-dealkylation sites (N-methyl/N-ethyl adjacent to an activating group) is 1. The lowest BCUT2D eigenvalue weighted by Crippen LogP contribution is -2.11. The molecule has 0 saturated carbocycles. The van der Waals surface area contributed by atoms with Crippen LogP contribution in [0.5, 0.6) is 11.5 Å². The van der Waals surface area contributed by atoms with Crippen LogP contribution in [-0.2, 0) is 6.42 Å². The van der Waals surface area contributed by atoms with E-state index in [1.54, 1.807) is 0 Å². The monoisotopic (exact) mass is 278 g/mol. The first-order chi connectivity index (χ1) is 10.3. The molecule has 0 radical (unpaired) electrons. The second kappa shape index (κ2) is 6.37. The van der Waals surface area contributed by atoms with Gasteiger partial charge in [-0.1, -0.05) is 24.3 Å². The average molecular weight is 278 g/mol. The Kier molecular flexibility index (Phi) is 4.12. The molecule has 0 fully saturated rings. The molecule has 0 unspecified atom stereocenters. The largest absolute Gasteiger partial charge is 0.457 e. The number of pyridine rings is 1. The Balaban J connectivity index is 1.83. The molecule has 2 aromatic carbocycles. The lowest BCUT2D eigenvalue weighted by Gasteiger charge is -2.07. The molecule has 1 N–H and O–H groups in total. The first-order valence-electron chi connectivity index (χ1n) is 7.12. The van der Waals surface area contributed by atoms with Crippen molar-refractivity contribution in [3.8, 4) is 11.5 Å². The highest BCUT2D eigenvalue weighted by atomic mass is 16.5. The second-order valence-corrected chi connectivity index (χ2v) is 4.93. The summed E-state index contributed by atoms with van der Waals surface area (Å²) < 4.78 is 5.84. The number of fused-ring (bicyclic) bond motifs is 1. The number of rotatable bonds is 5. The molecule has 3 heteroatoms. The minimum absolute atomic E-state index is 0.832. The zero-order chi connectivity index (χ0) is 14.5. The Hall–Kier alpha value is -2.39. The van der Waals surface area contributed by atoms with Gasteiger partial charge in [-0.25, -0.2) is 0 Å². The Morgan fingerprint density at radius 3 is 2.62 bits per heavy atom. The van der Waals surface area contributed by atoms with E-state index in [2.05, 4.69) is 22.4 Å². The molecule has 1 aromatic heterocycles. The Morgan fingerprint density at radius 1 is 0.952 bits per heavy atom. The van der Waals surface area contributed by atoms with Gasteiger partial charge in [-0.15, -0.1) is 0 Å². The molecule has 0 aliphatic heterocycles. The van der Waals surface area contributed by atoms with E-state index in [0.29, 0.717) is 0 Å². The smallest absolute Gasteiger partial charge is 0.128 e. The molecule has 0 spiro atoms. The van der Waals surface area contributed by atoms with Gasteiger partial charge in [0.05, 0.1) is 5.52 Å². The molecule has 0 bridgehead atoms. The summed E-state index contributed by atoms with van der Waals surface area (Å²) in [6, 6.07) is 20.0. The van der Waals surface area contributed by atoms with Gasteiger partial charge in [0.25, 0.3) is 0 Å². The highest BCUT2D eigenvalue weighted by Gasteiger charge is 2.02. The Bertz CT molecular complexity index is 726. The van der Waals surface area contributed by atoms with E-state index in [4.69, 9.17) is 4.74 Å². The van der Waals surface area contributed by atoms with Crippen LogP contribution < -0.4 is 10.1 Å². The van der Waals surface area contributed by atoms with Gasteiger partial charge in [0, 0.05) is 24.0 Å². The van der Waals surface area contributed by atoms with E-state index in [1.807, 2.05) is 55.6 Å². The normalized spacial score (nSPS) is 10.7. The van der Waals surface area contributed by atoms with Crippen molar-refractivity contribution in [2.45, 2.75) is 6.42 Å². The van der Waals surface area contributed by atoms with Crippen LogP contribution in [0.4, 0.5) is 0 Å². The molecule has 106 valence electrons. The molecule has 21 heavy (non-hydrogen) atoms. The highest BCUT2D eigenvalue weighted by molar-refractivity contribution is 5.80. The first kappa shape index (κ1) is 13.6. The van der Waals surface area contributed by atoms with Gasteiger partial charge in [0.15, 0.2) is 0 Å². The van der Waals surface area contributed by atoms with E-state index >= 15 is 0 Å². The lowest BCUT2D eigenvalue weighted by atomic mass is 10.1. The predicted molar refractivity (Wildman–Crippen MR) is 85.9 cm³/mol. The van der Waals surface area contributed by atoms with Crippen molar-refractivity contribution in [2.75, 3.05) is 13.6 Å². The minimum Gasteiger partial charge on any atom is -0.457 e. The third-order valence-corrected chi connectivity index (χ3v) is 3.33. The van der Waals surface area contributed by atoms with E-state index in [9.17, 15) is 0 Å². The summed E-state index contributed by atoms with van der Waals surface area (Å²) in [4.78, 5) is 4.67. The first-order valence-corrected chi connectivity index (χ1v) is 7.12. The molecule has 3 rings (SSSR count). The molecule has 0 aliphatic rings. The summed E-state index contributed by atoms with van der Waals surface area (Å²) in [5, 5.41) is 4.23. The molecule has 1 heterocycles. The minimum atomic E-state index is 0.832. The number of benzene rings is 2. The number of hydrogen-bond acceptors (Lipinski definition) is 3. The van der Waals surface area contributed by atoms with Gasteiger partial charge in [-0.05, 0) is 43.4 Å². The summed E-state index contributed by atoms with van der Waals surface area (Å²) >= 11 is 0. The predicted octanol–water partition coefficient (Wildman–Crippen LogP) is 3.79. The molecule has 3 nitrogen and oxygen atoms in total. The standard InChI is InChI=1S/C18H18N2O/c1-19-12-11-15-8-7-14-13-17(9-10-18(14)20-15)21-16-5-3-2-4-6-16/h2-10,13,19H,11-12H2,1H3. The van der Waals surface area contributed by atoms with Gasteiger partial charge in [0.2, 0.25) is 0 Å². The molecule has 0 atom stereocenters. The molecule has 0 amide bonds. The summed E-state index contributed by atoms with van der Waals surface area (Å²) in [6.07, 6.45) is 0.939. The maximum absolute atomic E-state index is 5.84. The van der Waals surface area contributed by atoms with Crippen molar-refractivity contribution in [3.63, 3.8) is 0 Å². The van der Waals surface area contributed by atoms with Gasteiger partial charge in [-0.3, -0.25) is 4.98 Å². The fourth-order valence-corrected chi connectivity index (χ4v) is 2.23. The SMILES string of the molecule is CNCCc1ccc2cc(Oc3ccccc3)ccc2n1. The van der Waals surface area contributed by atoms with Crippen molar-refractivity contribution in [2.24, 2.45) is 0 Å². The van der Waals surface area contributed by atoms with E-state index < -0.39 is 0 Å². The molecular weight excluding hydrogens is 260 g/mol. The number of nitrogens with zero attached hydrogens (tertiary/aromatic N) is 1. The summed E-state index contributed by atoms with van der Waals surface area (Å²) in [5.74, 6) is 1.67. The zero-order valence-electron chi connectivity index (χ0n) is 12.0. The number of ether oxygens (including phenoxy) is 1. The van der Waals surface area contributed by atoms with Crippen LogP contribution in [0.1, 0.15) is 5.69 Å². The van der Waals surface area contributed by atoms with E-state index in [1.165, 1.54) is 0 Å². The molecule has 3 aromatic rings. The van der Waals surface area contributed by atoms with Crippen molar-refractivity contribution in [1.29, 1.82) is 0 Å². The Morgan fingerprint density at radius 2 is 1.81 bits per heavy atom. The third kappa shape index (κ3) is 3.38. The van der Waals surface area contributed by atoms with Crippen LogP contribution in [0, 0.1) is 0 Å². The topological polar surface area (TPSA) is 34.1 Å². The number of nitrogens with one attached hydrogen (secondary N) is 1. The fourth-order valence-electron chi connectivity index (χ4n) is 2.23. The fraction of sp³-hybridized carbons (Fsp3) is 0.167. The van der Waals surface area contributed by atoms with E-state index in [-0.39, 0.29) is 0 Å². The number of aromatic nitrogens is 1. The second-order valence-electron chi connectivity index (χ2n) is 4.93. The Labute approximate surface area is 124 Å². The van der Waals surface area contributed by atoms with Gasteiger partial charge >= 0.3 is 0 Å². The third-order valence-electron chi connectivity index (χ3n) is 3.33. The van der Waals surface area contributed by atoms with Crippen LogP contribution in [0.3, 0.4) is 0 Å². The van der Waals surface area contributed by atoms with Crippen LogP contribution in [0.2, 0.25) is 0 Å². The van der Waals surface area contributed by atoms with Crippen molar-refractivity contribution < 1.29 is 4.74 Å². The number of hydrogen-bond donors (Lipinski definition) is 1. The van der Waals surface area contributed by atoms with Crippen LogP contribution in [0.25, 0.3) is 10.9 Å². The van der Waals surface area contributed by atoms with Crippen molar-refractivity contribution >= 4 is 10.9 Å². The zero-order valence-corrected chi connectivity index (χ0v) is 12.0. The lowest BCUT2D eigenvalue weighted by molar-refractivity contribution is 0.483. The summed E-state index contributed by atoms with van der Waals surface area (Å²) in [6.45, 7) is 0.938. The van der Waals surface area contributed by atoms with E-state index in [0.717, 1.165) is 41.1 Å². The number of para-hydroxylation sites is 1. The summed E-state index contributed by atoms with van der Waals surface area (Å²) in [7, 11) is 1.95. The van der Waals surface area contributed by atoms with Crippen LogP contribution in [0.15, 0.2) is 60.7 Å². The van der Waals surface area contributed by atoms with Crippen LogP contribution in [-0.4, -0.2) is 18.6 Å². The van der Waals surface area contributed by atoms with Gasteiger partial charge in [0.1, 0.15) is 11.5 Å². The summed E-state index contributed by atoms with van der Waals surface area (Å²) in [5.41, 5.74) is 2.11.